The molecule has 7 heteroatoms. The summed E-state index contributed by atoms with van der Waals surface area (Å²) in [6.45, 7) is -0.356. The normalized spacial score (nSPS) is 14.4. The van der Waals surface area contributed by atoms with Gasteiger partial charge in [0.2, 0.25) is 0 Å². The van der Waals surface area contributed by atoms with E-state index in [2.05, 4.69) is 10.4 Å². The summed E-state index contributed by atoms with van der Waals surface area (Å²) in [5, 5.41) is 7.05. The zero-order valence-corrected chi connectivity index (χ0v) is 15.3. The molecule has 27 heavy (non-hydrogen) atoms. The van der Waals surface area contributed by atoms with E-state index in [-0.39, 0.29) is 6.61 Å². The maximum atomic E-state index is 12.1. The lowest BCUT2D eigenvalue weighted by Crippen LogP contribution is -2.22. The molecular weight excluding hydrogens is 346 g/mol. The Morgan fingerprint density at radius 3 is 2.81 bits per heavy atom. The van der Waals surface area contributed by atoms with Gasteiger partial charge in [-0.15, -0.1) is 0 Å². The van der Waals surface area contributed by atoms with Gasteiger partial charge in [-0.3, -0.25) is 4.79 Å². The van der Waals surface area contributed by atoms with E-state index >= 15 is 0 Å². The fraction of sp³-hybridized carbons (Fsp3) is 0.350. The molecule has 1 aromatic heterocycles. The molecule has 1 saturated carbocycles. The van der Waals surface area contributed by atoms with Crippen LogP contribution in [0.1, 0.15) is 37.3 Å². The topological polar surface area (TPSA) is 82.4 Å². The number of para-hydroxylation sites is 1. The summed E-state index contributed by atoms with van der Waals surface area (Å²) in [4.78, 5) is 23.9. The van der Waals surface area contributed by atoms with Crippen molar-refractivity contribution in [3.05, 3.63) is 48.2 Å². The Morgan fingerprint density at radius 1 is 1.26 bits per heavy atom. The predicted molar refractivity (Wildman–Crippen MR) is 101 cm³/mol. The smallest absolute Gasteiger partial charge is 0.331 e. The van der Waals surface area contributed by atoms with Crippen LogP contribution in [0.15, 0.2) is 42.6 Å². The Morgan fingerprint density at radius 2 is 2.04 bits per heavy atom. The van der Waals surface area contributed by atoms with Crippen molar-refractivity contribution in [1.82, 2.24) is 9.78 Å². The molecule has 1 fully saturated rings. The maximum Gasteiger partial charge on any atom is 0.331 e. The molecule has 0 spiro atoms. The zero-order chi connectivity index (χ0) is 19.1. The first-order valence-corrected chi connectivity index (χ1v) is 8.98. The molecule has 142 valence electrons. The third-order valence-electron chi connectivity index (χ3n) is 4.49. The lowest BCUT2D eigenvalue weighted by molar-refractivity contribution is -0.142. The van der Waals surface area contributed by atoms with Gasteiger partial charge in [-0.2, -0.15) is 5.10 Å². The lowest BCUT2D eigenvalue weighted by Gasteiger charge is -2.14. The molecule has 1 amide bonds. The predicted octanol–water partition coefficient (Wildman–Crippen LogP) is 3.20. The van der Waals surface area contributed by atoms with Crippen molar-refractivity contribution in [2.24, 2.45) is 0 Å². The van der Waals surface area contributed by atoms with Gasteiger partial charge < -0.3 is 14.8 Å². The van der Waals surface area contributed by atoms with Crippen LogP contribution in [0.3, 0.4) is 0 Å². The first-order valence-electron chi connectivity index (χ1n) is 8.98. The molecule has 0 atom stereocenters. The minimum absolute atomic E-state index is 0.321. The largest absolute Gasteiger partial charge is 0.496 e. The number of rotatable bonds is 7. The molecule has 0 saturated heterocycles. The number of amides is 1. The Hall–Kier alpha value is -3.09. The molecule has 1 aromatic carbocycles. The van der Waals surface area contributed by atoms with E-state index in [0.29, 0.717) is 17.6 Å². The number of ether oxygens (including phenoxy) is 2. The first-order chi connectivity index (χ1) is 13.2. The lowest BCUT2D eigenvalue weighted by atomic mass is 10.2. The first kappa shape index (κ1) is 18.7. The average molecular weight is 369 g/mol. The number of carbonyl (C=O) groups is 2. The van der Waals surface area contributed by atoms with Gasteiger partial charge in [0.25, 0.3) is 5.91 Å². The number of hydrogen-bond donors (Lipinski definition) is 1. The van der Waals surface area contributed by atoms with Gasteiger partial charge >= 0.3 is 5.97 Å². The van der Waals surface area contributed by atoms with Crippen molar-refractivity contribution in [2.75, 3.05) is 19.0 Å². The summed E-state index contributed by atoms with van der Waals surface area (Å²) in [5.41, 5.74) is 0.752. The summed E-state index contributed by atoms with van der Waals surface area (Å²) in [5.74, 6) is 0.293. The average Bonchev–Trinajstić information content (AvgIpc) is 3.36. The van der Waals surface area contributed by atoms with E-state index < -0.39 is 11.9 Å². The molecule has 1 aliphatic rings. The number of esters is 1. The highest BCUT2D eigenvalue weighted by Gasteiger charge is 2.20. The molecule has 0 bridgehead atoms. The minimum atomic E-state index is -0.597. The molecule has 3 rings (SSSR count). The fourth-order valence-electron chi connectivity index (χ4n) is 3.18. The maximum absolute atomic E-state index is 12.1. The van der Waals surface area contributed by atoms with Crippen molar-refractivity contribution in [2.45, 2.75) is 31.7 Å². The number of anilines is 1. The number of benzene rings is 1. The van der Waals surface area contributed by atoms with Crippen LogP contribution < -0.4 is 10.1 Å². The molecule has 2 aromatic rings. The van der Waals surface area contributed by atoms with Crippen LogP contribution in [0.4, 0.5) is 5.82 Å². The second kappa shape index (κ2) is 9.02. The second-order valence-electron chi connectivity index (χ2n) is 6.33. The van der Waals surface area contributed by atoms with Gasteiger partial charge in [0.15, 0.2) is 6.61 Å². The van der Waals surface area contributed by atoms with Crippen LogP contribution in [0, 0.1) is 0 Å². The third kappa shape index (κ3) is 4.97. The van der Waals surface area contributed by atoms with E-state index in [1.807, 2.05) is 22.9 Å². The summed E-state index contributed by atoms with van der Waals surface area (Å²) < 4.78 is 12.1. The van der Waals surface area contributed by atoms with Crippen LogP contribution in [-0.4, -0.2) is 35.4 Å². The molecule has 0 unspecified atom stereocenters. The molecule has 0 radical (unpaired) electrons. The van der Waals surface area contributed by atoms with E-state index in [1.54, 1.807) is 31.5 Å². The van der Waals surface area contributed by atoms with Crippen LogP contribution in [0.2, 0.25) is 0 Å². The summed E-state index contributed by atoms with van der Waals surface area (Å²) >= 11 is 0. The van der Waals surface area contributed by atoms with Crippen LogP contribution in [0.5, 0.6) is 5.75 Å². The van der Waals surface area contributed by atoms with Crippen molar-refractivity contribution in [3.8, 4) is 5.75 Å². The zero-order valence-electron chi connectivity index (χ0n) is 15.3. The molecule has 0 aliphatic heterocycles. The van der Waals surface area contributed by atoms with E-state index in [4.69, 9.17) is 9.47 Å². The molecule has 1 N–H and O–H groups in total. The molecular formula is C20H23N3O4. The van der Waals surface area contributed by atoms with Crippen molar-refractivity contribution >= 4 is 23.8 Å². The minimum Gasteiger partial charge on any atom is -0.496 e. The molecule has 1 heterocycles. The van der Waals surface area contributed by atoms with Crippen molar-refractivity contribution in [1.29, 1.82) is 0 Å². The van der Waals surface area contributed by atoms with E-state index in [0.717, 1.165) is 18.4 Å². The molecule has 7 nitrogen and oxygen atoms in total. The number of carbonyl (C=O) groups excluding carboxylic acids is 2. The highest BCUT2D eigenvalue weighted by Crippen LogP contribution is 2.31. The highest BCUT2D eigenvalue weighted by atomic mass is 16.5. The van der Waals surface area contributed by atoms with Gasteiger partial charge in [-0.25, -0.2) is 9.48 Å². The number of methoxy groups -OCH3 is 1. The fourth-order valence-corrected chi connectivity index (χ4v) is 3.18. The second-order valence-corrected chi connectivity index (χ2v) is 6.33. The summed E-state index contributed by atoms with van der Waals surface area (Å²) in [7, 11) is 1.56. The van der Waals surface area contributed by atoms with Crippen molar-refractivity contribution < 1.29 is 19.1 Å². The SMILES string of the molecule is COc1ccccc1/C=C/C(=O)OCC(=O)Nc1ccnn1C1CCCC1. The quantitative estimate of drug-likeness (QED) is 0.599. The van der Waals surface area contributed by atoms with Crippen LogP contribution >= 0.6 is 0 Å². The van der Waals surface area contributed by atoms with E-state index in [1.165, 1.54) is 18.9 Å². The van der Waals surface area contributed by atoms with Crippen LogP contribution in [0.25, 0.3) is 6.08 Å². The Bertz CT molecular complexity index is 822. The highest BCUT2D eigenvalue weighted by molar-refractivity contribution is 5.94. The Kier molecular flexibility index (Phi) is 6.25. The van der Waals surface area contributed by atoms with Gasteiger partial charge in [0, 0.05) is 17.7 Å². The number of nitrogens with one attached hydrogen (secondary N) is 1. The standard InChI is InChI=1S/C20H23N3O4/c1-26-17-9-5-2-6-15(17)10-11-20(25)27-14-19(24)22-18-12-13-21-23(18)16-7-3-4-8-16/h2,5-6,9-13,16H,3-4,7-8,14H2,1H3,(H,22,24)/b11-10+. The summed E-state index contributed by atoms with van der Waals surface area (Å²) in [6.07, 6.45) is 9.00. The van der Waals surface area contributed by atoms with Gasteiger partial charge in [-0.05, 0) is 25.0 Å². The third-order valence-corrected chi connectivity index (χ3v) is 4.49. The monoisotopic (exact) mass is 369 g/mol. The van der Waals surface area contributed by atoms with E-state index in [9.17, 15) is 9.59 Å². The van der Waals surface area contributed by atoms with Gasteiger partial charge in [-0.1, -0.05) is 31.0 Å². The number of hydrogen-bond acceptors (Lipinski definition) is 5. The van der Waals surface area contributed by atoms with Crippen molar-refractivity contribution in [3.63, 3.8) is 0 Å². The van der Waals surface area contributed by atoms with Gasteiger partial charge in [0.1, 0.15) is 11.6 Å². The Balaban J connectivity index is 1.50. The number of nitrogens with zero attached hydrogens (tertiary/aromatic N) is 2. The number of aromatic nitrogens is 2. The Labute approximate surface area is 158 Å². The van der Waals surface area contributed by atoms with Crippen LogP contribution in [-0.2, 0) is 14.3 Å². The summed E-state index contributed by atoms with van der Waals surface area (Å²) in [6, 6.07) is 9.37. The molecule has 1 aliphatic carbocycles. The van der Waals surface area contributed by atoms with Gasteiger partial charge in [0.05, 0.1) is 19.3 Å².